The number of esters is 1. The summed E-state index contributed by atoms with van der Waals surface area (Å²) in [4.78, 5) is 67.8. The number of carbonyl (C=O) groups is 5. The molecule has 0 bridgehead atoms. The molecule has 3 amide bonds. The number of rotatable bonds is 17. The number of nitrogens with two attached hydrogens (primary N) is 1. The average molecular weight is 631 g/mol. The van der Waals surface area contributed by atoms with E-state index in [1.807, 2.05) is 58.0 Å². The standard InChI is InChI=1S/C34H54N4O7/c1-8-22(6)29(35)27(39)18-28(40)37-30(21(4)5)31(41)23(7)32(42)36-25(17-20(2)3)33(43)38-16-12-15-26(38)34(44)45-19-24-13-10-9-11-14-24/h9-11,13-14,20-23,25-27,29-30,39H,8,12,15-19,35H2,1-7H3,(H,36,42)(H,37,40)/t22-,23?,25-,26-,27-,29+,30-/m0/s1. The lowest BCUT2D eigenvalue weighted by Crippen LogP contribution is -2.55. The second-order valence-corrected chi connectivity index (χ2v) is 13.1. The van der Waals surface area contributed by atoms with Gasteiger partial charge in [0.25, 0.3) is 0 Å². The summed E-state index contributed by atoms with van der Waals surface area (Å²) in [6.07, 6.45) is 0.808. The summed E-state index contributed by atoms with van der Waals surface area (Å²) in [5, 5.41) is 15.9. The zero-order valence-corrected chi connectivity index (χ0v) is 28.0. The zero-order chi connectivity index (χ0) is 33.8. The molecule has 0 saturated carbocycles. The molecule has 0 radical (unpaired) electrons. The summed E-state index contributed by atoms with van der Waals surface area (Å²) in [6.45, 7) is 13.1. The lowest BCUT2D eigenvalue weighted by Gasteiger charge is -2.30. The maximum absolute atomic E-state index is 13.7. The fourth-order valence-corrected chi connectivity index (χ4v) is 5.46. The Kier molecular flexibility index (Phi) is 15.1. The summed E-state index contributed by atoms with van der Waals surface area (Å²) in [5.74, 6) is -4.02. The van der Waals surface area contributed by atoms with Crippen molar-refractivity contribution in [2.75, 3.05) is 6.54 Å². The number of ether oxygens (including phenoxy) is 1. The Balaban J connectivity index is 2.09. The molecule has 252 valence electrons. The Morgan fingerprint density at radius 2 is 1.67 bits per heavy atom. The van der Waals surface area contributed by atoms with E-state index in [1.165, 1.54) is 11.8 Å². The molecule has 1 heterocycles. The number of aliphatic hydroxyl groups is 1. The fraction of sp³-hybridized carbons (Fsp3) is 0.676. The van der Waals surface area contributed by atoms with Crippen molar-refractivity contribution in [3.63, 3.8) is 0 Å². The Morgan fingerprint density at radius 1 is 1.02 bits per heavy atom. The molecule has 7 atom stereocenters. The van der Waals surface area contributed by atoms with Gasteiger partial charge in [0.15, 0.2) is 5.78 Å². The van der Waals surface area contributed by atoms with E-state index in [-0.39, 0.29) is 30.8 Å². The van der Waals surface area contributed by atoms with Crippen LogP contribution in [0.4, 0.5) is 0 Å². The van der Waals surface area contributed by atoms with Gasteiger partial charge in [0.2, 0.25) is 17.7 Å². The molecule has 2 rings (SSSR count). The van der Waals surface area contributed by atoms with Crippen molar-refractivity contribution in [2.45, 2.75) is 117 Å². The molecule has 45 heavy (non-hydrogen) atoms. The number of likely N-dealkylation sites (tertiary alicyclic amines) is 1. The maximum Gasteiger partial charge on any atom is 0.329 e. The SMILES string of the molecule is CC[C@H](C)[C@@H](N)[C@@H](O)CC(=O)N[C@H](C(=O)C(C)C(=O)N[C@@H](CC(C)C)C(=O)N1CCC[C@H]1C(=O)OCc1ccccc1)C(C)C. The molecule has 11 heteroatoms. The van der Waals surface area contributed by atoms with Gasteiger partial charge in [-0.3, -0.25) is 19.2 Å². The summed E-state index contributed by atoms with van der Waals surface area (Å²) in [5.41, 5.74) is 6.91. The van der Waals surface area contributed by atoms with Gasteiger partial charge in [-0.1, -0.05) is 78.3 Å². The first-order valence-corrected chi connectivity index (χ1v) is 16.3. The van der Waals surface area contributed by atoms with Gasteiger partial charge >= 0.3 is 5.97 Å². The van der Waals surface area contributed by atoms with Gasteiger partial charge in [0.1, 0.15) is 18.7 Å². The van der Waals surface area contributed by atoms with Crippen LogP contribution >= 0.6 is 0 Å². The molecular weight excluding hydrogens is 576 g/mol. The molecule has 11 nitrogen and oxygen atoms in total. The number of hydrogen-bond donors (Lipinski definition) is 4. The van der Waals surface area contributed by atoms with Gasteiger partial charge in [0, 0.05) is 12.6 Å². The van der Waals surface area contributed by atoms with E-state index in [9.17, 15) is 29.1 Å². The zero-order valence-electron chi connectivity index (χ0n) is 28.0. The number of ketones is 1. The third-order valence-corrected chi connectivity index (χ3v) is 8.60. The first-order chi connectivity index (χ1) is 21.2. The number of amides is 3. The van der Waals surface area contributed by atoms with Crippen molar-refractivity contribution in [2.24, 2.45) is 29.4 Å². The first-order valence-electron chi connectivity index (χ1n) is 16.3. The van der Waals surface area contributed by atoms with Crippen molar-refractivity contribution in [3.8, 4) is 0 Å². The molecule has 1 aromatic rings. The van der Waals surface area contributed by atoms with Crippen LogP contribution in [0.1, 0.15) is 86.1 Å². The highest BCUT2D eigenvalue weighted by Crippen LogP contribution is 2.22. The minimum Gasteiger partial charge on any atom is -0.459 e. The van der Waals surface area contributed by atoms with Crippen LogP contribution in [0, 0.1) is 23.7 Å². The fourth-order valence-electron chi connectivity index (χ4n) is 5.46. The van der Waals surface area contributed by atoms with Gasteiger partial charge < -0.3 is 31.1 Å². The molecule has 5 N–H and O–H groups in total. The topological polar surface area (TPSA) is 168 Å². The monoisotopic (exact) mass is 630 g/mol. The van der Waals surface area contributed by atoms with Crippen molar-refractivity contribution >= 4 is 29.5 Å². The lowest BCUT2D eigenvalue weighted by atomic mass is 9.90. The smallest absolute Gasteiger partial charge is 0.329 e. The van der Waals surface area contributed by atoms with Crippen molar-refractivity contribution in [3.05, 3.63) is 35.9 Å². The summed E-state index contributed by atoms with van der Waals surface area (Å²) in [6, 6.07) is 6.01. The highest BCUT2D eigenvalue weighted by molar-refractivity contribution is 6.05. The first kappa shape index (κ1) is 37.9. The van der Waals surface area contributed by atoms with E-state index >= 15 is 0 Å². The largest absolute Gasteiger partial charge is 0.459 e. The summed E-state index contributed by atoms with van der Waals surface area (Å²) >= 11 is 0. The van der Waals surface area contributed by atoms with E-state index < -0.39 is 65.7 Å². The number of hydrogen-bond acceptors (Lipinski definition) is 8. The molecule has 1 aliphatic rings. The third kappa shape index (κ3) is 11.2. The Morgan fingerprint density at radius 3 is 2.24 bits per heavy atom. The predicted molar refractivity (Wildman–Crippen MR) is 171 cm³/mol. The highest BCUT2D eigenvalue weighted by Gasteiger charge is 2.40. The van der Waals surface area contributed by atoms with E-state index in [0.717, 1.165) is 12.0 Å². The van der Waals surface area contributed by atoms with Gasteiger partial charge in [-0.2, -0.15) is 0 Å². The van der Waals surface area contributed by atoms with E-state index in [2.05, 4.69) is 10.6 Å². The van der Waals surface area contributed by atoms with Crippen LogP contribution in [-0.4, -0.2) is 76.3 Å². The number of benzene rings is 1. The van der Waals surface area contributed by atoms with Gasteiger partial charge in [-0.05, 0) is 49.5 Å². The third-order valence-electron chi connectivity index (χ3n) is 8.60. The molecule has 0 aliphatic carbocycles. The Bertz CT molecular complexity index is 1140. The second kappa shape index (κ2) is 18.0. The molecule has 1 aromatic carbocycles. The quantitative estimate of drug-likeness (QED) is 0.151. The molecule has 1 unspecified atom stereocenters. The summed E-state index contributed by atoms with van der Waals surface area (Å²) in [7, 11) is 0. The number of aliphatic hydroxyl groups excluding tert-OH is 1. The maximum atomic E-state index is 13.7. The van der Waals surface area contributed by atoms with Gasteiger partial charge in [-0.25, -0.2) is 4.79 Å². The van der Waals surface area contributed by atoms with Gasteiger partial charge in [0.05, 0.1) is 24.5 Å². The van der Waals surface area contributed by atoms with Crippen molar-refractivity contribution in [1.82, 2.24) is 15.5 Å². The highest BCUT2D eigenvalue weighted by atomic mass is 16.5. The van der Waals surface area contributed by atoms with Crippen molar-refractivity contribution in [1.29, 1.82) is 0 Å². The average Bonchev–Trinajstić information content (AvgIpc) is 3.50. The predicted octanol–water partition coefficient (Wildman–Crippen LogP) is 2.72. The van der Waals surface area contributed by atoms with Crippen LogP contribution in [0.3, 0.4) is 0 Å². The summed E-state index contributed by atoms with van der Waals surface area (Å²) < 4.78 is 5.52. The number of Topliss-reactive ketones (excluding diaryl/α,β-unsaturated/α-hetero) is 1. The van der Waals surface area contributed by atoms with E-state index in [0.29, 0.717) is 25.8 Å². The van der Waals surface area contributed by atoms with Crippen LogP contribution in [0.2, 0.25) is 0 Å². The van der Waals surface area contributed by atoms with Crippen LogP contribution in [-0.2, 0) is 35.3 Å². The molecule has 1 aliphatic heterocycles. The van der Waals surface area contributed by atoms with Crippen LogP contribution in [0.5, 0.6) is 0 Å². The normalized spacial score (nSPS) is 18.9. The minimum absolute atomic E-state index is 0.0105. The number of nitrogens with one attached hydrogen (secondary N) is 2. The number of nitrogens with zero attached hydrogens (tertiary/aromatic N) is 1. The molecule has 1 fully saturated rings. The second-order valence-electron chi connectivity index (χ2n) is 13.1. The van der Waals surface area contributed by atoms with Crippen molar-refractivity contribution < 1.29 is 33.8 Å². The Hall–Kier alpha value is -3.31. The Labute approximate surface area is 268 Å². The van der Waals surface area contributed by atoms with Crippen LogP contribution in [0.25, 0.3) is 0 Å². The molecule has 0 aromatic heterocycles. The molecular formula is C34H54N4O7. The molecule has 0 spiro atoms. The van der Waals surface area contributed by atoms with Crippen LogP contribution < -0.4 is 16.4 Å². The minimum atomic E-state index is -1.17. The van der Waals surface area contributed by atoms with Gasteiger partial charge in [-0.15, -0.1) is 0 Å². The van der Waals surface area contributed by atoms with E-state index in [4.69, 9.17) is 10.5 Å². The molecule has 1 saturated heterocycles. The van der Waals surface area contributed by atoms with E-state index in [1.54, 1.807) is 13.8 Å². The van der Waals surface area contributed by atoms with Crippen LogP contribution in [0.15, 0.2) is 30.3 Å². The lowest BCUT2D eigenvalue weighted by molar-refractivity contribution is -0.155. The number of carbonyl (C=O) groups excluding carboxylic acids is 5.